The maximum Gasteiger partial charge on any atom is 0.255 e. The number of thiocarbonyl (C=S) groups is 1. The van der Waals surface area contributed by atoms with E-state index in [9.17, 15) is 4.79 Å². The molecule has 1 aromatic carbocycles. The van der Waals surface area contributed by atoms with Crippen LogP contribution in [-0.4, -0.2) is 10.8 Å². The van der Waals surface area contributed by atoms with E-state index in [-0.39, 0.29) is 5.91 Å². The molecule has 1 rings (SSSR count). The molecule has 0 saturated carbocycles. The normalized spacial score (nSPS) is 10.9. The Bertz CT molecular complexity index is 395. The van der Waals surface area contributed by atoms with Crippen molar-refractivity contribution >= 4 is 23.0 Å². The van der Waals surface area contributed by atoms with Crippen molar-refractivity contribution in [3.05, 3.63) is 47.7 Å². The number of nitrogens with one attached hydrogen (secondary N) is 1. The minimum Gasteiger partial charge on any atom is -0.326 e. The summed E-state index contributed by atoms with van der Waals surface area (Å²) in [6, 6.07) is 9.08. The Morgan fingerprint density at radius 2 is 1.87 bits per heavy atom. The molecular formula is C12H13NOS. The third-order valence-electron chi connectivity index (χ3n) is 1.77. The Morgan fingerprint density at radius 3 is 2.40 bits per heavy atom. The first kappa shape index (κ1) is 11.6. The Kier molecular flexibility index (Phi) is 4.18. The minimum atomic E-state index is -0.111. The highest BCUT2D eigenvalue weighted by Gasteiger charge is 2.03. The van der Waals surface area contributed by atoms with E-state index in [1.54, 1.807) is 18.2 Å². The van der Waals surface area contributed by atoms with Gasteiger partial charge in [-0.1, -0.05) is 30.4 Å². The van der Waals surface area contributed by atoms with Crippen LogP contribution in [0, 0.1) is 0 Å². The van der Waals surface area contributed by atoms with E-state index in [0.29, 0.717) is 5.56 Å². The first-order chi connectivity index (χ1) is 7.09. The van der Waals surface area contributed by atoms with Crippen molar-refractivity contribution in [1.29, 1.82) is 0 Å². The molecule has 0 fully saturated rings. The van der Waals surface area contributed by atoms with Gasteiger partial charge in [0.2, 0.25) is 0 Å². The first-order valence-electron chi connectivity index (χ1n) is 4.65. The number of hydrogen-bond donors (Lipinski definition) is 1. The molecule has 0 unspecified atom stereocenters. The molecule has 0 aliphatic carbocycles. The van der Waals surface area contributed by atoms with E-state index in [1.807, 2.05) is 32.0 Å². The van der Waals surface area contributed by atoms with Crippen LogP contribution in [0.1, 0.15) is 24.2 Å². The van der Waals surface area contributed by atoms with Gasteiger partial charge in [-0.2, -0.15) is 0 Å². The fourth-order valence-electron chi connectivity index (χ4n) is 1.18. The van der Waals surface area contributed by atoms with E-state index in [4.69, 9.17) is 12.2 Å². The molecular weight excluding hydrogens is 206 g/mol. The lowest BCUT2D eigenvalue weighted by molar-refractivity contribution is 0.0966. The predicted molar refractivity (Wildman–Crippen MR) is 65.9 cm³/mol. The van der Waals surface area contributed by atoms with Gasteiger partial charge in [0.15, 0.2) is 0 Å². The molecule has 3 heteroatoms. The molecule has 1 N–H and O–H groups in total. The van der Waals surface area contributed by atoms with Gasteiger partial charge >= 0.3 is 0 Å². The maximum atomic E-state index is 11.6. The lowest BCUT2D eigenvalue weighted by atomic mass is 10.2. The monoisotopic (exact) mass is 219 g/mol. The Balaban J connectivity index is 2.69. The van der Waals surface area contributed by atoms with Gasteiger partial charge in [-0.25, -0.2) is 0 Å². The van der Waals surface area contributed by atoms with Gasteiger partial charge < -0.3 is 5.32 Å². The van der Waals surface area contributed by atoms with Crippen molar-refractivity contribution in [3.8, 4) is 0 Å². The number of carbonyl (C=O) groups excluding carboxylic acids is 1. The van der Waals surface area contributed by atoms with E-state index < -0.39 is 0 Å². The number of carbonyl (C=O) groups is 1. The molecule has 0 radical (unpaired) electrons. The summed E-state index contributed by atoms with van der Waals surface area (Å²) >= 11 is 4.91. The lowest BCUT2D eigenvalue weighted by Gasteiger charge is -2.04. The molecule has 0 bridgehead atoms. The SMILES string of the molecule is CC(=S)/C=C(\C)NC(=O)c1ccccc1. The zero-order chi connectivity index (χ0) is 11.3. The van der Waals surface area contributed by atoms with E-state index in [2.05, 4.69) is 5.32 Å². The molecule has 15 heavy (non-hydrogen) atoms. The molecule has 0 aliphatic heterocycles. The van der Waals surface area contributed by atoms with Crippen LogP contribution in [0.25, 0.3) is 0 Å². The summed E-state index contributed by atoms with van der Waals surface area (Å²) in [4.78, 5) is 12.4. The third-order valence-corrected chi connectivity index (χ3v) is 1.88. The Morgan fingerprint density at radius 1 is 1.27 bits per heavy atom. The molecule has 0 spiro atoms. The van der Waals surface area contributed by atoms with Crippen molar-refractivity contribution in [2.75, 3.05) is 0 Å². The minimum absolute atomic E-state index is 0.111. The second-order valence-electron chi connectivity index (χ2n) is 3.26. The van der Waals surface area contributed by atoms with Gasteiger partial charge in [0.1, 0.15) is 0 Å². The van der Waals surface area contributed by atoms with E-state index in [1.165, 1.54) is 0 Å². The summed E-state index contributed by atoms with van der Waals surface area (Å²) in [5, 5.41) is 2.76. The van der Waals surface area contributed by atoms with Crippen molar-refractivity contribution in [2.24, 2.45) is 0 Å². The van der Waals surface area contributed by atoms with Crippen LogP contribution in [0.4, 0.5) is 0 Å². The van der Waals surface area contributed by atoms with E-state index >= 15 is 0 Å². The second kappa shape index (κ2) is 5.41. The second-order valence-corrected chi connectivity index (χ2v) is 3.90. The van der Waals surface area contributed by atoms with Crippen LogP contribution < -0.4 is 5.32 Å². The highest BCUT2D eigenvalue weighted by atomic mass is 32.1. The largest absolute Gasteiger partial charge is 0.326 e. The molecule has 1 amide bonds. The summed E-state index contributed by atoms with van der Waals surface area (Å²) in [7, 11) is 0. The van der Waals surface area contributed by atoms with Crippen molar-refractivity contribution in [3.63, 3.8) is 0 Å². The fourth-order valence-corrected chi connectivity index (χ4v) is 1.36. The standard InChI is InChI=1S/C12H13NOS/c1-9(8-10(2)15)13-12(14)11-6-4-3-5-7-11/h3-8H,1-2H3,(H,13,14)/b9-8+. The van der Waals surface area contributed by atoms with Crippen molar-refractivity contribution < 1.29 is 4.79 Å². The highest BCUT2D eigenvalue weighted by Crippen LogP contribution is 1.99. The topological polar surface area (TPSA) is 29.1 Å². The molecule has 2 nitrogen and oxygen atoms in total. The molecule has 0 aromatic heterocycles. The summed E-state index contributed by atoms with van der Waals surface area (Å²) < 4.78 is 0. The van der Waals surface area contributed by atoms with E-state index in [0.717, 1.165) is 10.6 Å². The zero-order valence-electron chi connectivity index (χ0n) is 8.78. The van der Waals surface area contributed by atoms with Gasteiger partial charge in [0, 0.05) is 16.1 Å². The number of hydrogen-bond acceptors (Lipinski definition) is 2. The maximum absolute atomic E-state index is 11.6. The summed E-state index contributed by atoms with van der Waals surface area (Å²) in [5.74, 6) is -0.111. The Labute approximate surface area is 95.0 Å². The summed E-state index contributed by atoms with van der Waals surface area (Å²) in [6.07, 6.45) is 1.76. The fraction of sp³-hybridized carbons (Fsp3) is 0.167. The first-order valence-corrected chi connectivity index (χ1v) is 5.05. The highest BCUT2D eigenvalue weighted by molar-refractivity contribution is 7.80. The van der Waals surface area contributed by atoms with Gasteiger partial charge in [0.05, 0.1) is 0 Å². The number of rotatable bonds is 3. The van der Waals surface area contributed by atoms with Crippen LogP contribution in [-0.2, 0) is 0 Å². The van der Waals surface area contributed by atoms with Gasteiger partial charge in [-0.05, 0) is 32.1 Å². The summed E-state index contributed by atoms with van der Waals surface area (Å²) in [6.45, 7) is 3.63. The average Bonchev–Trinajstić information content (AvgIpc) is 2.17. The number of benzene rings is 1. The van der Waals surface area contributed by atoms with Gasteiger partial charge in [-0.15, -0.1) is 0 Å². The quantitative estimate of drug-likeness (QED) is 0.625. The van der Waals surface area contributed by atoms with Crippen LogP contribution in [0.3, 0.4) is 0 Å². The average molecular weight is 219 g/mol. The van der Waals surface area contributed by atoms with Crippen LogP contribution >= 0.6 is 12.2 Å². The molecule has 0 heterocycles. The van der Waals surface area contributed by atoms with Gasteiger partial charge in [0.25, 0.3) is 5.91 Å². The molecule has 1 aromatic rings. The van der Waals surface area contributed by atoms with Crippen LogP contribution in [0.2, 0.25) is 0 Å². The van der Waals surface area contributed by atoms with Crippen LogP contribution in [0.5, 0.6) is 0 Å². The molecule has 78 valence electrons. The van der Waals surface area contributed by atoms with Crippen molar-refractivity contribution in [1.82, 2.24) is 5.32 Å². The molecule has 0 atom stereocenters. The third kappa shape index (κ3) is 4.04. The number of allylic oxidation sites excluding steroid dienone is 2. The van der Waals surface area contributed by atoms with Crippen molar-refractivity contribution in [2.45, 2.75) is 13.8 Å². The number of amides is 1. The Hall–Kier alpha value is -1.48. The summed E-state index contributed by atoms with van der Waals surface area (Å²) in [5.41, 5.74) is 1.41. The zero-order valence-corrected chi connectivity index (χ0v) is 9.60. The smallest absolute Gasteiger partial charge is 0.255 e. The van der Waals surface area contributed by atoms with Gasteiger partial charge in [-0.3, -0.25) is 4.79 Å². The molecule has 0 aliphatic rings. The predicted octanol–water partition coefficient (Wildman–Crippen LogP) is 2.71. The van der Waals surface area contributed by atoms with Crippen LogP contribution in [0.15, 0.2) is 42.1 Å². The lowest BCUT2D eigenvalue weighted by Crippen LogP contribution is -2.21. The molecule has 0 saturated heterocycles.